The molecule has 2 heterocycles. The van der Waals surface area contributed by atoms with Crippen LogP contribution in [0.15, 0.2) is 36.8 Å². The van der Waals surface area contributed by atoms with Gasteiger partial charge in [0.25, 0.3) is 0 Å². The number of hydrogen-bond donors (Lipinski definition) is 0. The van der Waals surface area contributed by atoms with Gasteiger partial charge in [-0.25, -0.2) is 14.4 Å². The van der Waals surface area contributed by atoms with Crippen LogP contribution in [0.1, 0.15) is 44.7 Å². The van der Waals surface area contributed by atoms with Gasteiger partial charge in [0.2, 0.25) is 5.91 Å². The maximum Gasteiger partial charge on any atom is 0.224 e. The lowest BCUT2D eigenvalue weighted by atomic mass is 10.0. The number of carbonyl (C=O) groups is 1. The summed E-state index contributed by atoms with van der Waals surface area (Å²) in [4.78, 5) is 25.9. The minimum absolute atomic E-state index is 0.0597. The van der Waals surface area contributed by atoms with Crippen LogP contribution in [0.2, 0.25) is 0 Å². The zero-order valence-corrected chi connectivity index (χ0v) is 16.9. The third-order valence-corrected chi connectivity index (χ3v) is 5.34. The molecule has 0 radical (unpaired) electrons. The Bertz CT molecular complexity index is 793. The SMILES string of the molecule is CCCc1cncnc1N1CCC(=O)N(Cc2ccc(F)cc2)[C@@H](C(C)C)C1. The zero-order valence-electron chi connectivity index (χ0n) is 16.9. The lowest BCUT2D eigenvalue weighted by molar-refractivity contribution is -0.134. The van der Waals surface area contributed by atoms with Gasteiger partial charge in [-0.3, -0.25) is 4.79 Å². The molecule has 1 aliphatic heterocycles. The monoisotopic (exact) mass is 384 g/mol. The van der Waals surface area contributed by atoms with Gasteiger partial charge in [0.15, 0.2) is 0 Å². The van der Waals surface area contributed by atoms with E-state index in [0.717, 1.165) is 36.3 Å². The number of rotatable bonds is 6. The van der Waals surface area contributed by atoms with Gasteiger partial charge in [-0.1, -0.05) is 39.3 Å². The lowest BCUT2D eigenvalue weighted by Crippen LogP contribution is -2.46. The molecule has 1 fully saturated rings. The second kappa shape index (κ2) is 9.13. The third kappa shape index (κ3) is 4.66. The summed E-state index contributed by atoms with van der Waals surface area (Å²) < 4.78 is 13.3. The van der Waals surface area contributed by atoms with Crippen molar-refractivity contribution in [3.8, 4) is 0 Å². The fourth-order valence-electron chi connectivity index (χ4n) is 3.81. The van der Waals surface area contributed by atoms with Crippen LogP contribution in [0.3, 0.4) is 0 Å². The predicted molar refractivity (Wildman–Crippen MR) is 108 cm³/mol. The summed E-state index contributed by atoms with van der Waals surface area (Å²) in [6.07, 6.45) is 5.87. The smallest absolute Gasteiger partial charge is 0.224 e. The van der Waals surface area contributed by atoms with E-state index in [2.05, 4.69) is 35.6 Å². The van der Waals surface area contributed by atoms with Crippen LogP contribution in [-0.2, 0) is 17.8 Å². The Morgan fingerprint density at radius 3 is 2.68 bits per heavy atom. The molecule has 0 unspecified atom stereocenters. The van der Waals surface area contributed by atoms with Gasteiger partial charge < -0.3 is 9.80 Å². The number of nitrogens with zero attached hydrogens (tertiary/aromatic N) is 4. The van der Waals surface area contributed by atoms with Crippen molar-refractivity contribution in [3.05, 3.63) is 53.7 Å². The van der Waals surface area contributed by atoms with Crippen molar-refractivity contribution in [1.82, 2.24) is 14.9 Å². The van der Waals surface area contributed by atoms with E-state index in [1.165, 1.54) is 12.1 Å². The summed E-state index contributed by atoms with van der Waals surface area (Å²) in [6.45, 7) is 8.32. The number of hydrogen-bond acceptors (Lipinski definition) is 4. The molecule has 1 aliphatic rings. The molecule has 2 aromatic rings. The average molecular weight is 384 g/mol. The van der Waals surface area contributed by atoms with Crippen LogP contribution >= 0.6 is 0 Å². The molecule has 1 atom stereocenters. The Morgan fingerprint density at radius 1 is 1.25 bits per heavy atom. The number of amides is 1. The van der Waals surface area contributed by atoms with E-state index in [0.29, 0.717) is 25.4 Å². The summed E-state index contributed by atoms with van der Waals surface area (Å²) >= 11 is 0. The highest BCUT2D eigenvalue weighted by molar-refractivity contribution is 5.78. The van der Waals surface area contributed by atoms with Gasteiger partial charge in [-0.05, 0) is 30.0 Å². The maximum absolute atomic E-state index is 13.3. The predicted octanol–water partition coefficient (Wildman–Crippen LogP) is 3.83. The van der Waals surface area contributed by atoms with Gasteiger partial charge >= 0.3 is 0 Å². The molecule has 28 heavy (non-hydrogen) atoms. The molecule has 1 saturated heterocycles. The van der Waals surface area contributed by atoms with Crippen molar-refractivity contribution in [2.24, 2.45) is 5.92 Å². The van der Waals surface area contributed by atoms with Gasteiger partial charge in [-0.2, -0.15) is 0 Å². The molecule has 1 amide bonds. The number of carbonyl (C=O) groups excluding carboxylic acids is 1. The first-order valence-corrected chi connectivity index (χ1v) is 10.1. The molecule has 0 N–H and O–H groups in total. The topological polar surface area (TPSA) is 49.3 Å². The first-order chi connectivity index (χ1) is 13.5. The van der Waals surface area contributed by atoms with Crippen molar-refractivity contribution in [1.29, 1.82) is 0 Å². The number of benzene rings is 1. The number of aromatic nitrogens is 2. The molecular formula is C22H29FN4O. The number of anilines is 1. The van der Waals surface area contributed by atoms with E-state index in [4.69, 9.17) is 0 Å². The van der Waals surface area contributed by atoms with Gasteiger partial charge in [0, 0.05) is 37.8 Å². The largest absolute Gasteiger partial charge is 0.354 e. The van der Waals surface area contributed by atoms with Crippen LogP contribution in [-0.4, -0.2) is 39.9 Å². The summed E-state index contributed by atoms with van der Waals surface area (Å²) in [5, 5.41) is 0. The van der Waals surface area contributed by atoms with Gasteiger partial charge in [-0.15, -0.1) is 0 Å². The Hall–Kier alpha value is -2.50. The molecular weight excluding hydrogens is 355 g/mol. The van der Waals surface area contributed by atoms with Gasteiger partial charge in [0.1, 0.15) is 18.0 Å². The highest BCUT2D eigenvalue weighted by Gasteiger charge is 2.32. The standard InChI is InChI=1S/C22H29FN4O/c1-4-5-18-12-24-15-25-22(18)26-11-10-21(28)27(20(14-26)16(2)3)13-17-6-8-19(23)9-7-17/h6-9,12,15-16,20H,4-5,10-11,13-14H2,1-3H3/t20-/m1/s1. The Labute approximate surface area is 166 Å². The number of aryl methyl sites for hydroxylation is 1. The molecule has 5 nitrogen and oxygen atoms in total. The highest BCUT2D eigenvalue weighted by atomic mass is 19.1. The molecule has 1 aromatic heterocycles. The van der Waals surface area contributed by atoms with Crippen molar-refractivity contribution < 1.29 is 9.18 Å². The molecule has 150 valence electrons. The van der Waals surface area contributed by atoms with E-state index in [1.54, 1.807) is 18.5 Å². The Balaban J connectivity index is 1.87. The second-order valence-electron chi connectivity index (χ2n) is 7.78. The van der Waals surface area contributed by atoms with Crippen molar-refractivity contribution >= 4 is 11.7 Å². The fraction of sp³-hybridized carbons (Fsp3) is 0.500. The number of halogens is 1. The summed E-state index contributed by atoms with van der Waals surface area (Å²) in [6, 6.07) is 6.47. The Kier molecular flexibility index (Phi) is 6.60. The molecule has 0 aliphatic carbocycles. The van der Waals surface area contributed by atoms with E-state index < -0.39 is 0 Å². The van der Waals surface area contributed by atoms with E-state index in [1.807, 2.05) is 11.1 Å². The minimum atomic E-state index is -0.259. The van der Waals surface area contributed by atoms with Crippen LogP contribution in [0.4, 0.5) is 10.2 Å². The quantitative estimate of drug-likeness (QED) is 0.759. The first-order valence-electron chi connectivity index (χ1n) is 10.1. The minimum Gasteiger partial charge on any atom is -0.354 e. The first kappa shape index (κ1) is 20.2. The van der Waals surface area contributed by atoms with Gasteiger partial charge in [0.05, 0.1) is 6.04 Å². The normalized spacial score (nSPS) is 17.9. The van der Waals surface area contributed by atoms with Crippen LogP contribution in [0.5, 0.6) is 0 Å². The summed E-state index contributed by atoms with van der Waals surface area (Å²) in [5.41, 5.74) is 2.08. The Morgan fingerprint density at radius 2 is 2.00 bits per heavy atom. The zero-order chi connectivity index (χ0) is 20.1. The summed E-state index contributed by atoms with van der Waals surface area (Å²) in [7, 11) is 0. The molecule has 3 rings (SSSR count). The molecule has 1 aromatic carbocycles. The van der Waals surface area contributed by atoms with Crippen LogP contribution in [0.25, 0.3) is 0 Å². The van der Waals surface area contributed by atoms with E-state index in [9.17, 15) is 9.18 Å². The third-order valence-electron chi connectivity index (χ3n) is 5.34. The fourth-order valence-corrected chi connectivity index (χ4v) is 3.81. The van der Waals surface area contributed by atoms with Crippen molar-refractivity contribution in [2.75, 3.05) is 18.0 Å². The average Bonchev–Trinajstić information content (AvgIpc) is 2.84. The van der Waals surface area contributed by atoms with Crippen molar-refractivity contribution in [3.63, 3.8) is 0 Å². The van der Waals surface area contributed by atoms with Crippen LogP contribution < -0.4 is 4.90 Å². The summed E-state index contributed by atoms with van der Waals surface area (Å²) in [5.74, 6) is 1.11. The maximum atomic E-state index is 13.3. The molecule has 0 saturated carbocycles. The molecule has 6 heteroatoms. The molecule has 0 spiro atoms. The van der Waals surface area contributed by atoms with Crippen LogP contribution in [0, 0.1) is 11.7 Å². The molecule has 0 bridgehead atoms. The van der Waals surface area contributed by atoms with Crippen molar-refractivity contribution in [2.45, 2.75) is 52.6 Å². The van der Waals surface area contributed by atoms with E-state index >= 15 is 0 Å². The van der Waals surface area contributed by atoms with E-state index in [-0.39, 0.29) is 17.8 Å². The lowest BCUT2D eigenvalue weighted by Gasteiger charge is -2.35. The second-order valence-corrected chi connectivity index (χ2v) is 7.78. The highest BCUT2D eigenvalue weighted by Crippen LogP contribution is 2.26.